The minimum Gasteiger partial charge on any atom is -0.451 e. The number of carbonyl (C=O) groups is 2. The number of aryl methyl sites for hydroxylation is 2. The van der Waals surface area contributed by atoms with E-state index in [0.717, 1.165) is 5.56 Å². The first kappa shape index (κ1) is 19.2. The molecule has 2 rings (SSSR count). The third-order valence-corrected chi connectivity index (χ3v) is 4.18. The van der Waals surface area contributed by atoms with Crippen LogP contribution < -0.4 is 0 Å². The Morgan fingerprint density at radius 3 is 2.32 bits per heavy atom. The van der Waals surface area contributed by atoms with Gasteiger partial charge in [0.1, 0.15) is 10.7 Å². The van der Waals surface area contributed by atoms with Crippen molar-refractivity contribution in [1.82, 2.24) is 9.78 Å². The Morgan fingerprint density at radius 2 is 1.76 bits per heavy atom. The van der Waals surface area contributed by atoms with Gasteiger partial charge in [0.05, 0.1) is 5.69 Å². The van der Waals surface area contributed by atoms with Crippen molar-refractivity contribution in [2.75, 3.05) is 0 Å². The molecule has 6 heteroatoms. The fourth-order valence-corrected chi connectivity index (χ4v) is 2.80. The summed E-state index contributed by atoms with van der Waals surface area (Å²) < 4.78 is 6.92. The monoisotopic (exact) mass is 362 g/mol. The molecule has 2 aromatic rings. The molecule has 1 heterocycles. The molecule has 0 aliphatic heterocycles. The van der Waals surface area contributed by atoms with Crippen LogP contribution in [0.25, 0.3) is 0 Å². The van der Waals surface area contributed by atoms with Crippen molar-refractivity contribution in [2.45, 2.75) is 47.3 Å². The molecule has 0 spiro atoms. The zero-order valence-electron chi connectivity index (χ0n) is 15.2. The number of halogens is 1. The number of nitrogens with zero attached hydrogens (tertiary/aromatic N) is 2. The predicted octanol–water partition coefficient (Wildman–Crippen LogP) is 4.24. The molecule has 1 aromatic carbocycles. The van der Waals surface area contributed by atoms with E-state index in [-0.39, 0.29) is 16.5 Å². The normalized spacial score (nSPS) is 12.3. The summed E-state index contributed by atoms with van der Waals surface area (Å²) in [4.78, 5) is 24.9. The third kappa shape index (κ3) is 4.48. The summed E-state index contributed by atoms with van der Waals surface area (Å²) in [7, 11) is 0. The molecule has 0 saturated carbocycles. The minimum absolute atomic E-state index is 0.214. The largest absolute Gasteiger partial charge is 0.451 e. The minimum atomic E-state index is -0.904. The molecule has 25 heavy (non-hydrogen) atoms. The van der Waals surface area contributed by atoms with Gasteiger partial charge >= 0.3 is 5.97 Å². The Morgan fingerprint density at radius 1 is 1.16 bits per heavy atom. The van der Waals surface area contributed by atoms with E-state index in [1.165, 1.54) is 0 Å². The number of rotatable bonds is 6. The highest BCUT2D eigenvalue weighted by molar-refractivity contribution is 6.32. The van der Waals surface area contributed by atoms with Gasteiger partial charge in [-0.05, 0) is 26.7 Å². The number of carbonyl (C=O) groups excluding carboxylic acids is 2. The summed E-state index contributed by atoms with van der Waals surface area (Å²) in [6, 6.07) is 7.14. The molecule has 0 bridgehead atoms. The molecule has 0 radical (unpaired) electrons. The summed E-state index contributed by atoms with van der Waals surface area (Å²) in [5, 5.41) is 4.53. The standard InChI is InChI=1S/C19H23ClN2O3/c1-11(2)10-22-18(20)16(13(4)21-22)19(24)25-14(5)17(23)15-8-6-12(3)7-9-15/h6-9,11,14H,10H2,1-5H3. The second-order valence-electron chi connectivity index (χ2n) is 6.60. The van der Waals surface area contributed by atoms with E-state index in [4.69, 9.17) is 16.3 Å². The van der Waals surface area contributed by atoms with Crippen molar-refractivity contribution in [3.63, 3.8) is 0 Å². The van der Waals surface area contributed by atoms with Crippen LogP contribution in [0.3, 0.4) is 0 Å². The number of benzene rings is 1. The molecule has 0 amide bonds. The quantitative estimate of drug-likeness (QED) is 0.569. The Kier molecular flexibility index (Phi) is 6.01. The fraction of sp³-hybridized carbons (Fsp3) is 0.421. The van der Waals surface area contributed by atoms with Gasteiger partial charge in [0.2, 0.25) is 5.78 Å². The van der Waals surface area contributed by atoms with E-state index in [0.29, 0.717) is 23.7 Å². The highest BCUT2D eigenvalue weighted by atomic mass is 35.5. The Bertz CT molecular complexity index is 779. The second-order valence-corrected chi connectivity index (χ2v) is 6.96. The first-order valence-corrected chi connectivity index (χ1v) is 8.63. The van der Waals surface area contributed by atoms with Crippen molar-refractivity contribution in [3.8, 4) is 0 Å². The van der Waals surface area contributed by atoms with Crippen molar-refractivity contribution < 1.29 is 14.3 Å². The second kappa shape index (κ2) is 7.83. The van der Waals surface area contributed by atoms with Crippen LogP contribution in [0.15, 0.2) is 24.3 Å². The SMILES string of the molecule is Cc1ccc(C(=O)C(C)OC(=O)c2c(C)nn(CC(C)C)c2Cl)cc1. The van der Waals surface area contributed by atoms with E-state index in [9.17, 15) is 9.59 Å². The highest BCUT2D eigenvalue weighted by Gasteiger charge is 2.26. The number of hydrogen-bond acceptors (Lipinski definition) is 4. The zero-order chi connectivity index (χ0) is 18.7. The van der Waals surface area contributed by atoms with Gasteiger partial charge in [-0.1, -0.05) is 55.3 Å². The van der Waals surface area contributed by atoms with Gasteiger partial charge in [-0.3, -0.25) is 9.48 Å². The number of aromatic nitrogens is 2. The van der Waals surface area contributed by atoms with Gasteiger partial charge in [0.15, 0.2) is 6.10 Å². The third-order valence-electron chi connectivity index (χ3n) is 3.80. The number of Topliss-reactive ketones (excluding diaryl/α,β-unsaturated/α-hetero) is 1. The van der Waals surface area contributed by atoms with E-state index in [1.807, 2.05) is 32.9 Å². The summed E-state index contributed by atoms with van der Waals surface area (Å²) in [5.41, 5.74) is 2.27. The molecule has 1 unspecified atom stereocenters. The van der Waals surface area contributed by atoms with Crippen molar-refractivity contribution >= 4 is 23.4 Å². The zero-order valence-corrected chi connectivity index (χ0v) is 15.9. The van der Waals surface area contributed by atoms with Crippen molar-refractivity contribution in [3.05, 3.63) is 51.8 Å². The number of ketones is 1. The Labute approximate surface area is 152 Å². The van der Waals surface area contributed by atoms with Crippen LogP contribution in [0.1, 0.15) is 52.7 Å². The number of ether oxygens (including phenoxy) is 1. The van der Waals surface area contributed by atoms with E-state index in [1.54, 1.807) is 30.7 Å². The summed E-state index contributed by atoms with van der Waals surface area (Å²) in [6.07, 6.45) is -0.904. The summed E-state index contributed by atoms with van der Waals surface area (Å²) in [6.45, 7) is 9.87. The topological polar surface area (TPSA) is 61.2 Å². The molecule has 5 nitrogen and oxygen atoms in total. The molecule has 0 aliphatic rings. The summed E-state index contributed by atoms with van der Waals surface area (Å²) >= 11 is 6.28. The predicted molar refractivity (Wildman–Crippen MR) is 97.2 cm³/mol. The molecule has 0 saturated heterocycles. The molecule has 0 N–H and O–H groups in total. The fourth-order valence-electron chi connectivity index (χ4n) is 2.48. The lowest BCUT2D eigenvalue weighted by molar-refractivity contribution is 0.0318. The maximum Gasteiger partial charge on any atom is 0.343 e. The Balaban J connectivity index is 2.15. The molecule has 0 fully saturated rings. The first-order chi connectivity index (χ1) is 11.7. The summed E-state index contributed by atoms with van der Waals surface area (Å²) in [5.74, 6) is -0.551. The average Bonchev–Trinajstić information content (AvgIpc) is 2.80. The van der Waals surface area contributed by atoms with Gasteiger partial charge in [-0.2, -0.15) is 5.10 Å². The molecule has 134 valence electrons. The molecule has 1 aromatic heterocycles. The first-order valence-electron chi connectivity index (χ1n) is 8.25. The van der Waals surface area contributed by atoms with Crippen LogP contribution in [0.2, 0.25) is 5.15 Å². The highest BCUT2D eigenvalue weighted by Crippen LogP contribution is 2.22. The number of hydrogen-bond donors (Lipinski definition) is 0. The van der Waals surface area contributed by atoms with Crippen molar-refractivity contribution in [1.29, 1.82) is 0 Å². The van der Waals surface area contributed by atoms with Gasteiger partial charge < -0.3 is 4.74 Å². The number of esters is 1. The average molecular weight is 363 g/mol. The van der Waals surface area contributed by atoms with Crippen LogP contribution in [-0.4, -0.2) is 27.6 Å². The molecule has 1 atom stereocenters. The van der Waals surface area contributed by atoms with Crippen LogP contribution in [0, 0.1) is 19.8 Å². The lowest BCUT2D eigenvalue weighted by Crippen LogP contribution is -2.24. The van der Waals surface area contributed by atoms with Crippen LogP contribution in [0.5, 0.6) is 0 Å². The maximum absolute atomic E-state index is 12.5. The van der Waals surface area contributed by atoms with Gasteiger partial charge in [0, 0.05) is 12.1 Å². The van der Waals surface area contributed by atoms with Crippen molar-refractivity contribution in [2.24, 2.45) is 5.92 Å². The van der Waals surface area contributed by atoms with Crippen LogP contribution in [-0.2, 0) is 11.3 Å². The van der Waals surface area contributed by atoms with Crippen LogP contribution in [0.4, 0.5) is 0 Å². The van der Waals surface area contributed by atoms with Crippen LogP contribution >= 0.6 is 11.6 Å². The van der Waals surface area contributed by atoms with Gasteiger partial charge in [0.25, 0.3) is 0 Å². The van der Waals surface area contributed by atoms with E-state index < -0.39 is 12.1 Å². The molecule has 0 aliphatic carbocycles. The Hall–Kier alpha value is -2.14. The molecular weight excluding hydrogens is 340 g/mol. The van der Waals surface area contributed by atoms with E-state index >= 15 is 0 Å². The lowest BCUT2D eigenvalue weighted by atomic mass is 10.1. The van der Waals surface area contributed by atoms with Gasteiger partial charge in [-0.15, -0.1) is 0 Å². The molecular formula is C19H23ClN2O3. The smallest absolute Gasteiger partial charge is 0.343 e. The maximum atomic E-state index is 12.5. The lowest BCUT2D eigenvalue weighted by Gasteiger charge is -2.12. The van der Waals surface area contributed by atoms with Gasteiger partial charge in [-0.25, -0.2) is 4.79 Å². The van der Waals surface area contributed by atoms with E-state index in [2.05, 4.69) is 5.10 Å².